The van der Waals surface area contributed by atoms with Crippen LogP contribution in [-0.4, -0.2) is 36.2 Å². The van der Waals surface area contributed by atoms with Gasteiger partial charge in [-0.1, -0.05) is 46.8 Å². The first-order valence-corrected chi connectivity index (χ1v) is 8.09. The molecule has 0 bridgehead atoms. The van der Waals surface area contributed by atoms with Gasteiger partial charge >= 0.3 is 0 Å². The van der Waals surface area contributed by atoms with Crippen molar-refractivity contribution >= 4 is 11.8 Å². The molecule has 0 radical (unpaired) electrons. The summed E-state index contributed by atoms with van der Waals surface area (Å²) in [6.45, 7) is 9.66. The second-order valence-corrected chi connectivity index (χ2v) is 7.12. The minimum absolute atomic E-state index is 0.0197. The minimum Gasteiger partial charge on any atom is -0.394 e. The fourth-order valence-electron chi connectivity index (χ4n) is 1.95. The quantitative estimate of drug-likeness (QED) is 0.662. The van der Waals surface area contributed by atoms with Crippen molar-refractivity contribution in [1.82, 2.24) is 10.8 Å². The second kappa shape index (κ2) is 8.80. The van der Waals surface area contributed by atoms with Crippen molar-refractivity contribution in [2.24, 2.45) is 5.92 Å². The van der Waals surface area contributed by atoms with Gasteiger partial charge in [-0.05, 0) is 29.0 Å². The molecule has 1 rings (SSSR count). The van der Waals surface area contributed by atoms with Crippen molar-refractivity contribution in [2.45, 2.75) is 46.1 Å². The molecule has 134 valence electrons. The highest BCUT2D eigenvalue weighted by atomic mass is 16.7. The second-order valence-electron chi connectivity index (χ2n) is 7.12. The number of amides is 2. The Bertz CT molecular complexity index is 547. The number of hydroxylamine groups is 1. The lowest BCUT2D eigenvalue weighted by Crippen LogP contribution is -2.40. The summed E-state index contributed by atoms with van der Waals surface area (Å²) in [5, 5.41) is 11.6. The third-order valence-corrected chi connectivity index (χ3v) is 3.67. The average Bonchev–Trinajstić information content (AvgIpc) is 2.52. The van der Waals surface area contributed by atoms with E-state index in [9.17, 15) is 9.59 Å². The summed E-state index contributed by atoms with van der Waals surface area (Å²) in [5.41, 5.74) is 3.88. The first-order valence-electron chi connectivity index (χ1n) is 8.09. The molecular weight excluding hydrogens is 308 g/mol. The van der Waals surface area contributed by atoms with Crippen LogP contribution in [0.2, 0.25) is 0 Å². The van der Waals surface area contributed by atoms with Crippen LogP contribution in [0.15, 0.2) is 24.3 Å². The maximum absolute atomic E-state index is 12.0. The van der Waals surface area contributed by atoms with Gasteiger partial charge in [0.05, 0.1) is 13.2 Å². The van der Waals surface area contributed by atoms with E-state index in [1.165, 1.54) is 0 Å². The summed E-state index contributed by atoms with van der Waals surface area (Å²) < 4.78 is 0. The first kappa shape index (κ1) is 20.1. The molecule has 1 aromatic carbocycles. The number of carbonyl (C=O) groups excluding carboxylic acids is 2. The van der Waals surface area contributed by atoms with Crippen LogP contribution in [0.5, 0.6) is 0 Å². The lowest BCUT2D eigenvalue weighted by Gasteiger charge is -2.19. The Kier molecular flexibility index (Phi) is 7.38. The first-order chi connectivity index (χ1) is 11.1. The summed E-state index contributed by atoms with van der Waals surface area (Å²) >= 11 is 0. The number of aliphatic hydroxyl groups is 1. The van der Waals surface area contributed by atoms with Crippen LogP contribution in [0.25, 0.3) is 0 Å². The van der Waals surface area contributed by atoms with E-state index in [0.29, 0.717) is 5.56 Å². The number of hydrogen-bond donors (Lipinski definition) is 3. The molecule has 0 aromatic heterocycles. The Labute approximate surface area is 143 Å². The van der Waals surface area contributed by atoms with Crippen LogP contribution in [0.1, 0.15) is 50.5 Å². The Balaban J connectivity index is 2.47. The number of hydrogen-bond acceptors (Lipinski definition) is 4. The molecule has 2 amide bonds. The standard InChI is InChI=1S/C18H28N2O4/c1-12(2)15(11-21)24-20-16(22)10-19-17(23)13-6-8-14(9-7-13)18(3,4)5/h6-9,12,15,21H,10-11H2,1-5H3,(H,19,23)(H,20,22)/t15-/m0/s1. The predicted octanol–water partition coefficient (Wildman–Crippen LogP) is 1.78. The van der Waals surface area contributed by atoms with E-state index in [2.05, 4.69) is 31.6 Å². The number of carbonyl (C=O) groups is 2. The van der Waals surface area contributed by atoms with Crippen molar-refractivity contribution < 1.29 is 19.5 Å². The minimum atomic E-state index is -0.478. The maximum Gasteiger partial charge on any atom is 0.262 e. The lowest BCUT2D eigenvalue weighted by atomic mass is 9.87. The summed E-state index contributed by atoms with van der Waals surface area (Å²) in [7, 11) is 0. The highest BCUT2D eigenvalue weighted by molar-refractivity contribution is 5.96. The molecule has 24 heavy (non-hydrogen) atoms. The van der Waals surface area contributed by atoms with Gasteiger partial charge in [0.25, 0.3) is 11.8 Å². The summed E-state index contributed by atoms with van der Waals surface area (Å²) in [4.78, 5) is 28.8. The zero-order valence-electron chi connectivity index (χ0n) is 15.1. The molecule has 6 heteroatoms. The fourth-order valence-corrected chi connectivity index (χ4v) is 1.95. The number of aliphatic hydroxyl groups excluding tert-OH is 1. The highest BCUT2D eigenvalue weighted by Crippen LogP contribution is 2.22. The topological polar surface area (TPSA) is 87.7 Å². The van der Waals surface area contributed by atoms with E-state index in [-0.39, 0.29) is 30.4 Å². The van der Waals surface area contributed by atoms with Gasteiger partial charge in [-0.25, -0.2) is 5.48 Å². The van der Waals surface area contributed by atoms with Crippen LogP contribution in [0.4, 0.5) is 0 Å². The number of nitrogens with one attached hydrogen (secondary N) is 2. The van der Waals surface area contributed by atoms with Crippen LogP contribution >= 0.6 is 0 Å². The molecule has 6 nitrogen and oxygen atoms in total. The van der Waals surface area contributed by atoms with Crippen molar-refractivity contribution in [2.75, 3.05) is 13.2 Å². The van der Waals surface area contributed by atoms with Crippen molar-refractivity contribution in [3.8, 4) is 0 Å². The highest BCUT2D eigenvalue weighted by Gasteiger charge is 2.16. The molecule has 0 saturated carbocycles. The van der Waals surface area contributed by atoms with E-state index in [4.69, 9.17) is 9.94 Å². The summed E-state index contributed by atoms with van der Waals surface area (Å²) in [5.74, 6) is -0.742. The number of rotatable bonds is 7. The van der Waals surface area contributed by atoms with Crippen molar-refractivity contribution in [1.29, 1.82) is 0 Å². The van der Waals surface area contributed by atoms with E-state index >= 15 is 0 Å². The van der Waals surface area contributed by atoms with Gasteiger partial charge in [-0.2, -0.15) is 0 Å². The third kappa shape index (κ3) is 6.29. The van der Waals surface area contributed by atoms with Gasteiger partial charge in [0.2, 0.25) is 0 Å². The zero-order valence-corrected chi connectivity index (χ0v) is 15.1. The summed E-state index contributed by atoms with van der Waals surface area (Å²) in [6.07, 6.45) is -0.477. The van der Waals surface area contributed by atoms with Crippen LogP contribution in [-0.2, 0) is 15.0 Å². The molecule has 0 saturated heterocycles. The molecule has 1 aromatic rings. The molecule has 1 atom stereocenters. The predicted molar refractivity (Wildman–Crippen MR) is 92.4 cm³/mol. The molecule has 0 aliphatic rings. The molecule has 0 unspecified atom stereocenters. The third-order valence-electron chi connectivity index (χ3n) is 3.67. The van der Waals surface area contributed by atoms with Gasteiger partial charge < -0.3 is 10.4 Å². The molecule has 0 aliphatic carbocycles. The SMILES string of the molecule is CC(C)[C@H](CO)ONC(=O)CNC(=O)c1ccc(C(C)(C)C)cc1. The van der Waals surface area contributed by atoms with E-state index < -0.39 is 12.0 Å². The normalized spacial score (nSPS) is 12.8. The lowest BCUT2D eigenvalue weighted by molar-refractivity contribution is -0.142. The van der Waals surface area contributed by atoms with Crippen molar-refractivity contribution in [3.63, 3.8) is 0 Å². The van der Waals surface area contributed by atoms with Gasteiger partial charge in [-0.3, -0.25) is 14.4 Å². The van der Waals surface area contributed by atoms with Gasteiger partial charge in [0.15, 0.2) is 0 Å². The average molecular weight is 336 g/mol. The van der Waals surface area contributed by atoms with Gasteiger partial charge in [0.1, 0.15) is 6.10 Å². The monoisotopic (exact) mass is 336 g/mol. The van der Waals surface area contributed by atoms with E-state index in [0.717, 1.165) is 5.56 Å². The van der Waals surface area contributed by atoms with Crippen LogP contribution < -0.4 is 10.8 Å². The molecular formula is C18H28N2O4. The Morgan fingerprint density at radius 2 is 1.75 bits per heavy atom. The molecule has 0 fully saturated rings. The maximum atomic E-state index is 12.0. The summed E-state index contributed by atoms with van der Waals surface area (Å²) in [6, 6.07) is 7.30. The zero-order chi connectivity index (χ0) is 18.3. The molecule has 0 heterocycles. The number of benzene rings is 1. The van der Waals surface area contributed by atoms with Crippen LogP contribution in [0.3, 0.4) is 0 Å². The van der Waals surface area contributed by atoms with E-state index in [1.807, 2.05) is 26.0 Å². The largest absolute Gasteiger partial charge is 0.394 e. The Hall–Kier alpha value is -1.92. The molecule has 0 spiro atoms. The Morgan fingerprint density at radius 3 is 2.21 bits per heavy atom. The van der Waals surface area contributed by atoms with Gasteiger partial charge in [0, 0.05) is 5.56 Å². The Morgan fingerprint density at radius 1 is 1.17 bits per heavy atom. The smallest absolute Gasteiger partial charge is 0.262 e. The molecule has 3 N–H and O–H groups in total. The van der Waals surface area contributed by atoms with E-state index in [1.54, 1.807) is 12.1 Å². The molecule has 0 aliphatic heterocycles. The fraction of sp³-hybridized carbons (Fsp3) is 0.556. The van der Waals surface area contributed by atoms with Crippen molar-refractivity contribution in [3.05, 3.63) is 35.4 Å². The van der Waals surface area contributed by atoms with Crippen LogP contribution in [0, 0.1) is 5.92 Å². The van der Waals surface area contributed by atoms with Gasteiger partial charge in [-0.15, -0.1) is 0 Å².